The summed E-state index contributed by atoms with van der Waals surface area (Å²) in [6, 6.07) is 8.77. The number of amides is 1. The third kappa shape index (κ3) is 2.82. The Labute approximate surface area is 141 Å². The first-order valence-electron chi connectivity index (χ1n) is 8.73. The van der Waals surface area contributed by atoms with Crippen molar-refractivity contribution in [3.05, 3.63) is 36.2 Å². The number of piperidine rings is 1. The van der Waals surface area contributed by atoms with Gasteiger partial charge in [0.25, 0.3) is 5.91 Å². The minimum atomic E-state index is 0.125. The maximum atomic E-state index is 12.6. The molecule has 4 rings (SSSR count). The third-order valence-corrected chi connectivity index (χ3v) is 5.29. The number of nitrogens with one attached hydrogen (secondary N) is 1. The topological polar surface area (TPSA) is 65.1 Å². The summed E-state index contributed by atoms with van der Waals surface area (Å²) in [5.74, 6) is 0.845. The number of benzene rings is 1. The average Bonchev–Trinajstić information content (AvgIpc) is 3.10. The fourth-order valence-corrected chi connectivity index (χ4v) is 3.79. The number of aromatic amines is 1. The van der Waals surface area contributed by atoms with Crippen LogP contribution in [0.3, 0.4) is 0 Å². The van der Waals surface area contributed by atoms with Crippen LogP contribution < -0.4 is 0 Å². The molecule has 1 atom stereocenters. The van der Waals surface area contributed by atoms with Crippen LogP contribution in [0.1, 0.15) is 36.5 Å². The SMILES string of the molecule is C[C@@H]1CCCCN1C1CN(C(=O)c2ccc(-c3ncn[nH]3)cc2)C1. The highest BCUT2D eigenvalue weighted by atomic mass is 16.2. The predicted octanol–water partition coefficient (Wildman–Crippen LogP) is 2.17. The molecule has 0 aliphatic carbocycles. The number of carbonyl (C=O) groups is 1. The summed E-state index contributed by atoms with van der Waals surface area (Å²) in [6.07, 6.45) is 5.40. The zero-order chi connectivity index (χ0) is 16.5. The van der Waals surface area contributed by atoms with Crippen molar-refractivity contribution >= 4 is 5.91 Å². The summed E-state index contributed by atoms with van der Waals surface area (Å²) in [5, 5.41) is 6.68. The van der Waals surface area contributed by atoms with E-state index >= 15 is 0 Å². The zero-order valence-electron chi connectivity index (χ0n) is 14.0. The van der Waals surface area contributed by atoms with Gasteiger partial charge in [0, 0.05) is 36.3 Å². The smallest absolute Gasteiger partial charge is 0.253 e. The number of hydrogen-bond donors (Lipinski definition) is 1. The monoisotopic (exact) mass is 325 g/mol. The van der Waals surface area contributed by atoms with Crippen LogP contribution in [0, 0.1) is 0 Å². The second kappa shape index (κ2) is 6.36. The fourth-order valence-electron chi connectivity index (χ4n) is 3.79. The lowest BCUT2D eigenvalue weighted by Crippen LogP contribution is -2.63. The molecule has 6 heteroatoms. The number of aromatic nitrogens is 3. The molecule has 1 aromatic carbocycles. The summed E-state index contributed by atoms with van der Waals surface area (Å²) in [7, 11) is 0. The highest BCUT2D eigenvalue weighted by Crippen LogP contribution is 2.25. The van der Waals surface area contributed by atoms with E-state index in [9.17, 15) is 4.79 Å². The van der Waals surface area contributed by atoms with Crippen LogP contribution in [0.5, 0.6) is 0 Å². The molecule has 3 heterocycles. The van der Waals surface area contributed by atoms with E-state index in [4.69, 9.17) is 0 Å². The van der Waals surface area contributed by atoms with Gasteiger partial charge in [-0.25, -0.2) is 4.98 Å². The maximum absolute atomic E-state index is 12.6. The molecule has 2 aliphatic heterocycles. The molecule has 2 fully saturated rings. The van der Waals surface area contributed by atoms with Crippen LogP contribution in [0.2, 0.25) is 0 Å². The average molecular weight is 325 g/mol. The Morgan fingerprint density at radius 2 is 2.00 bits per heavy atom. The lowest BCUT2D eigenvalue weighted by atomic mass is 9.97. The second-order valence-corrected chi connectivity index (χ2v) is 6.86. The Morgan fingerprint density at radius 3 is 2.67 bits per heavy atom. The predicted molar refractivity (Wildman–Crippen MR) is 91.5 cm³/mol. The van der Waals surface area contributed by atoms with Gasteiger partial charge < -0.3 is 4.90 Å². The van der Waals surface area contributed by atoms with E-state index in [1.54, 1.807) is 0 Å². The van der Waals surface area contributed by atoms with E-state index < -0.39 is 0 Å². The second-order valence-electron chi connectivity index (χ2n) is 6.86. The summed E-state index contributed by atoms with van der Waals surface area (Å²) in [4.78, 5) is 21.3. The number of likely N-dealkylation sites (tertiary alicyclic amines) is 2. The molecule has 1 N–H and O–H groups in total. The van der Waals surface area contributed by atoms with E-state index in [1.165, 1.54) is 32.1 Å². The standard InChI is InChI=1S/C18H23N5O/c1-13-4-2-3-9-23(13)16-10-22(11-16)18(24)15-7-5-14(6-8-15)17-19-12-20-21-17/h5-8,12-13,16H,2-4,9-11H2,1H3,(H,19,20,21)/t13-/m1/s1. The minimum absolute atomic E-state index is 0.125. The molecule has 0 bridgehead atoms. The molecule has 126 valence electrons. The van der Waals surface area contributed by atoms with Gasteiger partial charge in [0.2, 0.25) is 0 Å². The molecule has 2 saturated heterocycles. The number of carbonyl (C=O) groups excluding carboxylic acids is 1. The van der Waals surface area contributed by atoms with Gasteiger partial charge in [-0.1, -0.05) is 18.6 Å². The van der Waals surface area contributed by atoms with Crippen molar-refractivity contribution < 1.29 is 4.79 Å². The maximum Gasteiger partial charge on any atom is 0.253 e. The fraction of sp³-hybridized carbons (Fsp3) is 0.500. The Bertz CT molecular complexity index is 691. The van der Waals surface area contributed by atoms with Crippen molar-refractivity contribution in [3.8, 4) is 11.4 Å². The first kappa shape index (κ1) is 15.3. The third-order valence-electron chi connectivity index (χ3n) is 5.29. The van der Waals surface area contributed by atoms with Crippen molar-refractivity contribution in [1.82, 2.24) is 25.0 Å². The highest BCUT2D eigenvalue weighted by molar-refractivity contribution is 5.95. The Balaban J connectivity index is 1.37. The Morgan fingerprint density at radius 1 is 1.21 bits per heavy atom. The van der Waals surface area contributed by atoms with Gasteiger partial charge in [-0.15, -0.1) is 0 Å². The largest absolute Gasteiger partial charge is 0.335 e. The van der Waals surface area contributed by atoms with Crippen LogP contribution >= 0.6 is 0 Å². The molecular weight excluding hydrogens is 302 g/mol. The van der Waals surface area contributed by atoms with Gasteiger partial charge >= 0.3 is 0 Å². The van der Waals surface area contributed by atoms with E-state index in [0.29, 0.717) is 12.1 Å². The quantitative estimate of drug-likeness (QED) is 0.939. The van der Waals surface area contributed by atoms with Gasteiger partial charge in [-0.05, 0) is 38.4 Å². The van der Waals surface area contributed by atoms with Crippen molar-refractivity contribution in [3.63, 3.8) is 0 Å². The van der Waals surface area contributed by atoms with Crippen LogP contribution in [-0.4, -0.2) is 62.6 Å². The molecule has 1 aromatic heterocycles. The molecule has 0 spiro atoms. The highest BCUT2D eigenvalue weighted by Gasteiger charge is 2.37. The molecule has 0 saturated carbocycles. The first-order chi connectivity index (χ1) is 11.7. The number of nitrogens with zero attached hydrogens (tertiary/aromatic N) is 4. The number of hydrogen-bond acceptors (Lipinski definition) is 4. The van der Waals surface area contributed by atoms with E-state index in [0.717, 1.165) is 30.0 Å². The molecule has 2 aromatic rings. The van der Waals surface area contributed by atoms with Gasteiger partial charge in [-0.2, -0.15) is 5.10 Å². The molecule has 24 heavy (non-hydrogen) atoms. The van der Waals surface area contributed by atoms with Gasteiger partial charge in [0.05, 0.1) is 0 Å². The van der Waals surface area contributed by atoms with Crippen molar-refractivity contribution in [1.29, 1.82) is 0 Å². The van der Waals surface area contributed by atoms with E-state index in [2.05, 4.69) is 27.0 Å². The number of H-pyrrole nitrogens is 1. The Kier molecular flexibility index (Phi) is 4.06. The van der Waals surface area contributed by atoms with Gasteiger partial charge in [-0.3, -0.25) is 14.8 Å². The summed E-state index contributed by atoms with van der Waals surface area (Å²) < 4.78 is 0. The lowest BCUT2D eigenvalue weighted by Gasteiger charge is -2.49. The molecular formula is C18H23N5O. The molecule has 2 aliphatic rings. The normalized spacial score (nSPS) is 22.4. The van der Waals surface area contributed by atoms with Gasteiger partial charge in [0.15, 0.2) is 5.82 Å². The van der Waals surface area contributed by atoms with Crippen molar-refractivity contribution in [2.24, 2.45) is 0 Å². The molecule has 0 unspecified atom stereocenters. The minimum Gasteiger partial charge on any atom is -0.335 e. The van der Waals surface area contributed by atoms with Crippen molar-refractivity contribution in [2.45, 2.75) is 38.3 Å². The van der Waals surface area contributed by atoms with Gasteiger partial charge in [0.1, 0.15) is 6.33 Å². The summed E-state index contributed by atoms with van der Waals surface area (Å²) in [5.41, 5.74) is 1.68. The number of rotatable bonds is 3. The molecule has 0 radical (unpaired) electrons. The van der Waals surface area contributed by atoms with E-state index in [-0.39, 0.29) is 5.91 Å². The van der Waals surface area contributed by atoms with Crippen LogP contribution in [-0.2, 0) is 0 Å². The molecule has 6 nitrogen and oxygen atoms in total. The zero-order valence-corrected chi connectivity index (χ0v) is 14.0. The molecule has 1 amide bonds. The lowest BCUT2D eigenvalue weighted by molar-refractivity contribution is 0.00213. The first-order valence-corrected chi connectivity index (χ1v) is 8.73. The van der Waals surface area contributed by atoms with Crippen LogP contribution in [0.25, 0.3) is 11.4 Å². The van der Waals surface area contributed by atoms with Crippen LogP contribution in [0.4, 0.5) is 0 Å². The van der Waals surface area contributed by atoms with Crippen LogP contribution in [0.15, 0.2) is 30.6 Å². The summed E-state index contributed by atoms with van der Waals surface area (Å²) in [6.45, 7) is 5.20. The summed E-state index contributed by atoms with van der Waals surface area (Å²) >= 11 is 0. The van der Waals surface area contributed by atoms with Crippen molar-refractivity contribution in [2.75, 3.05) is 19.6 Å². The van der Waals surface area contributed by atoms with E-state index in [1.807, 2.05) is 29.2 Å². The Hall–Kier alpha value is -2.21.